The highest BCUT2D eigenvalue weighted by Crippen LogP contribution is 2.49. The monoisotopic (exact) mass is 400 g/mol. The molecule has 1 aromatic rings. The van der Waals surface area contributed by atoms with E-state index >= 15 is 0 Å². The summed E-state index contributed by atoms with van der Waals surface area (Å²) in [6.07, 6.45) is 2.17. The normalized spacial score (nSPS) is 28.8. The molecule has 1 aromatic carbocycles. The molecule has 3 aliphatic rings. The molecule has 0 radical (unpaired) electrons. The van der Waals surface area contributed by atoms with Crippen molar-refractivity contribution in [2.45, 2.75) is 45.6 Å². The average Bonchev–Trinajstić information content (AvgIpc) is 2.68. The van der Waals surface area contributed by atoms with Crippen molar-refractivity contribution in [3.8, 4) is 0 Å². The SMILES string of the molecule is CCCN1C(=O)NC(=O)[C@]2(Cc3cc([N+](=O)[O-])ccc3N3CC[C@H](C)C[C@@H]32)C1=O. The largest absolute Gasteiger partial charge is 0.367 e. The lowest BCUT2D eigenvalue weighted by Crippen LogP contribution is -2.73. The first kappa shape index (κ1) is 19.4. The molecule has 2 saturated heterocycles. The Kier molecular flexibility index (Phi) is 4.55. The third-order valence-electron chi connectivity index (χ3n) is 6.43. The average molecular weight is 400 g/mol. The number of hydrogen-bond donors (Lipinski definition) is 1. The Morgan fingerprint density at radius 1 is 1.31 bits per heavy atom. The van der Waals surface area contributed by atoms with E-state index in [0.717, 1.165) is 17.0 Å². The van der Waals surface area contributed by atoms with Gasteiger partial charge in [0.1, 0.15) is 0 Å². The first-order valence-corrected chi connectivity index (χ1v) is 10.0. The maximum Gasteiger partial charge on any atom is 0.330 e. The number of rotatable bonds is 3. The van der Waals surface area contributed by atoms with E-state index < -0.39 is 28.2 Å². The van der Waals surface area contributed by atoms with Crippen LogP contribution in [0.3, 0.4) is 0 Å². The van der Waals surface area contributed by atoms with Crippen molar-refractivity contribution < 1.29 is 19.3 Å². The van der Waals surface area contributed by atoms with Crippen molar-refractivity contribution in [3.05, 3.63) is 33.9 Å². The summed E-state index contributed by atoms with van der Waals surface area (Å²) in [6, 6.07) is 3.55. The van der Waals surface area contributed by atoms with Gasteiger partial charge in [0.05, 0.1) is 11.0 Å². The molecule has 29 heavy (non-hydrogen) atoms. The first-order chi connectivity index (χ1) is 13.8. The van der Waals surface area contributed by atoms with E-state index in [2.05, 4.69) is 12.2 Å². The molecule has 3 aliphatic heterocycles. The van der Waals surface area contributed by atoms with Gasteiger partial charge in [-0.05, 0) is 36.8 Å². The third-order valence-corrected chi connectivity index (χ3v) is 6.43. The van der Waals surface area contributed by atoms with Crippen molar-refractivity contribution in [2.75, 3.05) is 18.0 Å². The zero-order chi connectivity index (χ0) is 20.9. The van der Waals surface area contributed by atoms with Crippen molar-refractivity contribution in [1.82, 2.24) is 10.2 Å². The molecular formula is C20H24N4O5. The summed E-state index contributed by atoms with van der Waals surface area (Å²) in [5.41, 5.74) is -0.107. The van der Waals surface area contributed by atoms with E-state index in [0.29, 0.717) is 30.9 Å². The summed E-state index contributed by atoms with van der Waals surface area (Å²) in [7, 11) is 0. The molecule has 154 valence electrons. The number of benzene rings is 1. The van der Waals surface area contributed by atoms with E-state index in [4.69, 9.17) is 0 Å². The number of nitro groups is 1. The van der Waals surface area contributed by atoms with Gasteiger partial charge < -0.3 is 4.90 Å². The van der Waals surface area contributed by atoms with Gasteiger partial charge in [0.15, 0.2) is 5.41 Å². The second-order valence-electron chi connectivity index (χ2n) is 8.27. The highest BCUT2D eigenvalue weighted by Gasteiger charge is 2.62. The summed E-state index contributed by atoms with van der Waals surface area (Å²) in [6.45, 7) is 4.83. The van der Waals surface area contributed by atoms with Gasteiger partial charge in [0.2, 0.25) is 11.8 Å². The summed E-state index contributed by atoms with van der Waals surface area (Å²) < 4.78 is 0. The van der Waals surface area contributed by atoms with E-state index in [9.17, 15) is 24.5 Å². The maximum atomic E-state index is 13.6. The molecule has 9 nitrogen and oxygen atoms in total. The highest BCUT2D eigenvalue weighted by atomic mass is 16.6. The van der Waals surface area contributed by atoms with Crippen LogP contribution in [0.1, 0.15) is 38.7 Å². The molecule has 1 N–H and O–H groups in total. The topological polar surface area (TPSA) is 113 Å². The van der Waals surface area contributed by atoms with Gasteiger partial charge in [0.25, 0.3) is 5.69 Å². The minimum Gasteiger partial charge on any atom is -0.367 e. The number of carbonyl (C=O) groups is 3. The molecule has 0 aromatic heterocycles. The van der Waals surface area contributed by atoms with Crippen LogP contribution in [-0.4, -0.2) is 46.8 Å². The lowest BCUT2D eigenvalue weighted by Gasteiger charge is -2.54. The van der Waals surface area contributed by atoms with Crippen LogP contribution in [0.5, 0.6) is 0 Å². The standard InChI is InChI=1S/C20H24N4O5/c1-3-7-23-18(26)20(17(25)21-19(23)27)11-13-10-14(24(28)29)4-5-15(13)22-8-6-12(2)9-16(20)22/h4-5,10,12,16H,3,6-9,11H2,1-2H3,(H,21,25,27)/t12-,16+,20+/m0/s1. The van der Waals surface area contributed by atoms with Gasteiger partial charge in [0, 0.05) is 37.3 Å². The van der Waals surface area contributed by atoms with Crippen molar-refractivity contribution >= 4 is 29.2 Å². The predicted octanol–water partition coefficient (Wildman–Crippen LogP) is 2.23. The lowest BCUT2D eigenvalue weighted by atomic mass is 9.65. The van der Waals surface area contributed by atoms with Gasteiger partial charge in [-0.1, -0.05) is 13.8 Å². The number of nitrogens with zero attached hydrogens (tertiary/aromatic N) is 3. The second-order valence-corrected chi connectivity index (χ2v) is 8.27. The van der Waals surface area contributed by atoms with E-state index in [-0.39, 0.29) is 24.7 Å². The number of urea groups is 1. The van der Waals surface area contributed by atoms with Crippen molar-refractivity contribution in [2.24, 2.45) is 11.3 Å². The van der Waals surface area contributed by atoms with E-state index in [1.54, 1.807) is 6.07 Å². The molecule has 9 heteroatoms. The number of piperidine rings is 1. The van der Waals surface area contributed by atoms with Crippen LogP contribution in [-0.2, 0) is 16.0 Å². The zero-order valence-electron chi connectivity index (χ0n) is 16.5. The highest BCUT2D eigenvalue weighted by molar-refractivity contribution is 6.20. The number of nitro benzene ring substituents is 1. The minimum atomic E-state index is -1.46. The molecule has 1 spiro atoms. The number of barbiturate groups is 1. The van der Waals surface area contributed by atoms with Crippen LogP contribution >= 0.6 is 0 Å². The van der Waals surface area contributed by atoms with E-state index in [1.807, 2.05) is 11.8 Å². The molecule has 0 bridgehead atoms. The van der Waals surface area contributed by atoms with Crippen LogP contribution in [0.2, 0.25) is 0 Å². The Labute approximate surface area is 168 Å². The molecule has 0 aliphatic carbocycles. The Morgan fingerprint density at radius 2 is 2.07 bits per heavy atom. The Balaban J connectivity index is 1.88. The third kappa shape index (κ3) is 2.79. The smallest absolute Gasteiger partial charge is 0.330 e. The summed E-state index contributed by atoms with van der Waals surface area (Å²) in [4.78, 5) is 53.1. The quantitative estimate of drug-likeness (QED) is 0.473. The fourth-order valence-electron chi connectivity index (χ4n) is 5.01. The van der Waals surface area contributed by atoms with Crippen LogP contribution in [0, 0.1) is 21.4 Å². The van der Waals surface area contributed by atoms with Gasteiger partial charge in [-0.25, -0.2) is 4.79 Å². The van der Waals surface area contributed by atoms with E-state index in [1.165, 1.54) is 12.1 Å². The van der Waals surface area contributed by atoms with Gasteiger partial charge >= 0.3 is 6.03 Å². The molecule has 4 amide bonds. The van der Waals surface area contributed by atoms with Crippen molar-refractivity contribution in [3.63, 3.8) is 0 Å². The van der Waals surface area contributed by atoms with Crippen LogP contribution < -0.4 is 10.2 Å². The maximum absolute atomic E-state index is 13.6. The van der Waals surface area contributed by atoms with Crippen LogP contribution in [0.15, 0.2) is 18.2 Å². The van der Waals surface area contributed by atoms with Crippen molar-refractivity contribution in [1.29, 1.82) is 0 Å². The Morgan fingerprint density at radius 3 is 2.76 bits per heavy atom. The van der Waals surface area contributed by atoms with Crippen LogP contribution in [0.25, 0.3) is 0 Å². The fourth-order valence-corrected chi connectivity index (χ4v) is 5.01. The number of hydrogen-bond acceptors (Lipinski definition) is 6. The number of amides is 4. The molecule has 4 rings (SSSR count). The summed E-state index contributed by atoms with van der Waals surface area (Å²) >= 11 is 0. The van der Waals surface area contributed by atoms with Gasteiger partial charge in [-0.2, -0.15) is 0 Å². The van der Waals surface area contributed by atoms with Crippen LogP contribution in [0.4, 0.5) is 16.2 Å². The molecule has 3 heterocycles. The molecule has 2 fully saturated rings. The number of fused-ring (bicyclic) bond motifs is 4. The number of imide groups is 2. The molecule has 0 saturated carbocycles. The minimum absolute atomic E-state index is 0.0516. The molecule has 0 unspecified atom stereocenters. The molecular weight excluding hydrogens is 376 g/mol. The van der Waals surface area contributed by atoms with Gasteiger partial charge in [-0.3, -0.25) is 29.9 Å². The summed E-state index contributed by atoms with van der Waals surface area (Å²) in [5.74, 6) is -0.763. The van der Waals surface area contributed by atoms with Gasteiger partial charge in [-0.15, -0.1) is 0 Å². The molecule has 3 atom stereocenters. The lowest BCUT2D eigenvalue weighted by molar-refractivity contribution is -0.384. The Bertz CT molecular complexity index is 916. The number of anilines is 1. The zero-order valence-corrected chi connectivity index (χ0v) is 16.5. The predicted molar refractivity (Wildman–Crippen MR) is 104 cm³/mol. The second kappa shape index (κ2) is 6.82. The Hall–Kier alpha value is -2.97. The number of nitrogens with one attached hydrogen (secondary N) is 1. The summed E-state index contributed by atoms with van der Waals surface area (Å²) in [5, 5.41) is 13.7. The first-order valence-electron chi connectivity index (χ1n) is 10.0. The number of carbonyl (C=O) groups excluding carboxylic acids is 3. The number of non-ortho nitro benzene ring substituents is 1. The fraction of sp³-hybridized carbons (Fsp3) is 0.550.